The first kappa shape index (κ1) is 9.70. The molecule has 1 aromatic heterocycles. The largest absolute Gasteiger partial charge is 0.433 e. The molecule has 0 saturated carbocycles. The van der Waals surface area contributed by atoms with E-state index in [1.54, 1.807) is 6.07 Å². The van der Waals surface area contributed by atoms with E-state index in [0.29, 0.717) is 5.82 Å². The van der Waals surface area contributed by atoms with E-state index in [1.807, 2.05) is 6.92 Å². The smallest absolute Gasteiger partial charge is 0.387 e. The number of alkyl halides is 2. The van der Waals surface area contributed by atoms with Crippen LogP contribution in [-0.4, -0.2) is 18.1 Å². The average Bonchev–Trinajstić information content (AvgIpc) is 2.08. The number of hydrogen-bond acceptors (Lipinski definition) is 3. The van der Waals surface area contributed by atoms with Gasteiger partial charge in [0.1, 0.15) is 11.6 Å². The van der Waals surface area contributed by atoms with E-state index >= 15 is 0 Å². The number of halogens is 2. The van der Waals surface area contributed by atoms with Gasteiger partial charge in [-0.2, -0.15) is 8.78 Å². The third kappa shape index (κ3) is 3.23. The Morgan fingerprint density at radius 2 is 2.31 bits per heavy atom. The van der Waals surface area contributed by atoms with Crippen LogP contribution in [0.25, 0.3) is 0 Å². The van der Waals surface area contributed by atoms with E-state index in [1.165, 1.54) is 12.3 Å². The lowest BCUT2D eigenvalue weighted by Gasteiger charge is -2.05. The van der Waals surface area contributed by atoms with Crippen LogP contribution in [0.15, 0.2) is 18.3 Å². The summed E-state index contributed by atoms with van der Waals surface area (Å²) >= 11 is 0. The maximum absolute atomic E-state index is 11.7. The molecule has 1 rings (SSSR count). The molecule has 0 amide bonds. The Kier molecular flexibility index (Phi) is 3.42. The van der Waals surface area contributed by atoms with Crippen molar-refractivity contribution >= 4 is 5.82 Å². The van der Waals surface area contributed by atoms with Crippen LogP contribution >= 0.6 is 0 Å². The van der Waals surface area contributed by atoms with Crippen molar-refractivity contribution in [3.05, 3.63) is 18.3 Å². The summed E-state index contributed by atoms with van der Waals surface area (Å²) in [6.45, 7) is -0.139. The van der Waals surface area contributed by atoms with Crippen LogP contribution in [0, 0.1) is 0 Å². The van der Waals surface area contributed by atoms with Gasteiger partial charge in [-0.15, -0.1) is 0 Å². The van der Waals surface area contributed by atoms with E-state index in [9.17, 15) is 8.78 Å². The number of rotatable bonds is 4. The molecule has 1 heterocycles. The fraction of sp³-hybridized carbons (Fsp3) is 0.375. The van der Waals surface area contributed by atoms with Gasteiger partial charge in [-0.05, 0) is 19.1 Å². The molecule has 0 bridgehead atoms. The first-order chi connectivity index (χ1) is 6.22. The van der Waals surface area contributed by atoms with Gasteiger partial charge in [0.15, 0.2) is 0 Å². The third-order valence-corrected chi connectivity index (χ3v) is 1.32. The second-order valence-corrected chi connectivity index (χ2v) is 2.29. The van der Waals surface area contributed by atoms with E-state index in [2.05, 4.69) is 15.0 Å². The first-order valence-electron chi connectivity index (χ1n) is 3.87. The molecule has 0 aliphatic heterocycles. The highest BCUT2D eigenvalue weighted by Gasteiger charge is 2.03. The standard InChI is InChI=1S/C8H10F2N2O/c1-2-11-7-4-3-6(5-12-7)13-8(9)10/h3-5,8H,2H2,1H3,(H,11,12). The second kappa shape index (κ2) is 4.59. The monoisotopic (exact) mass is 188 g/mol. The van der Waals surface area contributed by atoms with Gasteiger partial charge >= 0.3 is 6.61 Å². The zero-order valence-electron chi connectivity index (χ0n) is 7.13. The van der Waals surface area contributed by atoms with E-state index in [-0.39, 0.29) is 5.75 Å². The van der Waals surface area contributed by atoms with Gasteiger partial charge < -0.3 is 10.1 Å². The number of pyridine rings is 1. The molecule has 0 aliphatic rings. The third-order valence-electron chi connectivity index (χ3n) is 1.32. The van der Waals surface area contributed by atoms with Gasteiger partial charge in [-0.3, -0.25) is 0 Å². The Morgan fingerprint density at radius 1 is 1.54 bits per heavy atom. The lowest BCUT2D eigenvalue weighted by atomic mass is 10.4. The predicted octanol–water partition coefficient (Wildman–Crippen LogP) is 2.11. The number of hydrogen-bond donors (Lipinski definition) is 1. The molecular formula is C8H10F2N2O. The van der Waals surface area contributed by atoms with Crippen molar-refractivity contribution < 1.29 is 13.5 Å². The van der Waals surface area contributed by atoms with Gasteiger partial charge in [0.25, 0.3) is 0 Å². The van der Waals surface area contributed by atoms with Crippen molar-refractivity contribution in [1.29, 1.82) is 0 Å². The Labute approximate surface area is 74.7 Å². The molecule has 0 spiro atoms. The maximum atomic E-state index is 11.7. The van der Waals surface area contributed by atoms with Gasteiger partial charge in [0.05, 0.1) is 6.20 Å². The highest BCUT2D eigenvalue weighted by molar-refractivity contribution is 5.37. The molecule has 0 aromatic carbocycles. The molecule has 1 N–H and O–H groups in total. The van der Waals surface area contributed by atoms with E-state index in [4.69, 9.17) is 0 Å². The van der Waals surface area contributed by atoms with Crippen molar-refractivity contribution in [2.24, 2.45) is 0 Å². The lowest BCUT2D eigenvalue weighted by molar-refractivity contribution is -0.0500. The highest BCUT2D eigenvalue weighted by Crippen LogP contribution is 2.14. The molecule has 0 atom stereocenters. The van der Waals surface area contributed by atoms with E-state index in [0.717, 1.165) is 6.54 Å². The Morgan fingerprint density at radius 3 is 2.77 bits per heavy atom. The molecule has 0 aliphatic carbocycles. The maximum Gasteiger partial charge on any atom is 0.387 e. The summed E-state index contributed by atoms with van der Waals surface area (Å²) in [6, 6.07) is 3.03. The van der Waals surface area contributed by atoms with Crippen molar-refractivity contribution in [2.45, 2.75) is 13.5 Å². The quantitative estimate of drug-likeness (QED) is 0.785. The average molecular weight is 188 g/mol. The minimum atomic E-state index is -2.80. The molecule has 0 radical (unpaired) electrons. The van der Waals surface area contributed by atoms with Gasteiger partial charge in [0.2, 0.25) is 0 Å². The minimum Gasteiger partial charge on any atom is -0.433 e. The second-order valence-electron chi connectivity index (χ2n) is 2.29. The molecule has 0 unspecified atom stereocenters. The zero-order chi connectivity index (χ0) is 9.68. The van der Waals surface area contributed by atoms with Crippen LogP contribution in [0.4, 0.5) is 14.6 Å². The van der Waals surface area contributed by atoms with Crippen LogP contribution in [0.2, 0.25) is 0 Å². The molecular weight excluding hydrogens is 178 g/mol. The van der Waals surface area contributed by atoms with Crippen LogP contribution < -0.4 is 10.1 Å². The molecule has 3 nitrogen and oxygen atoms in total. The SMILES string of the molecule is CCNc1ccc(OC(F)F)cn1. The molecule has 13 heavy (non-hydrogen) atoms. The molecule has 5 heteroatoms. The summed E-state index contributed by atoms with van der Waals surface area (Å²) in [4.78, 5) is 3.85. The van der Waals surface area contributed by atoms with Crippen molar-refractivity contribution in [3.63, 3.8) is 0 Å². The van der Waals surface area contributed by atoms with Crippen molar-refractivity contribution in [2.75, 3.05) is 11.9 Å². The summed E-state index contributed by atoms with van der Waals surface area (Å²) in [5, 5.41) is 2.93. The van der Waals surface area contributed by atoms with Crippen LogP contribution in [-0.2, 0) is 0 Å². The van der Waals surface area contributed by atoms with Gasteiger partial charge in [-0.1, -0.05) is 0 Å². The topological polar surface area (TPSA) is 34.1 Å². The Bertz CT molecular complexity index is 251. The molecule has 1 aromatic rings. The predicted molar refractivity (Wildman–Crippen MR) is 45.0 cm³/mol. The lowest BCUT2D eigenvalue weighted by Crippen LogP contribution is -2.03. The summed E-state index contributed by atoms with van der Waals surface area (Å²) in [5.41, 5.74) is 0. The van der Waals surface area contributed by atoms with Gasteiger partial charge in [0, 0.05) is 6.54 Å². The first-order valence-corrected chi connectivity index (χ1v) is 3.87. The van der Waals surface area contributed by atoms with Crippen LogP contribution in [0.3, 0.4) is 0 Å². The Hall–Kier alpha value is -1.39. The molecule has 0 fully saturated rings. The van der Waals surface area contributed by atoms with Crippen LogP contribution in [0.1, 0.15) is 6.92 Å². The van der Waals surface area contributed by atoms with Gasteiger partial charge in [-0.25, -0.2) is 4.98 Å². The summed E-state index contributed by atoms with van der Waals surface area (Å²) in [5.74, 6) is 0.709. The summed E-state index contributed by atoms with van der Waals surface area (Å²) in [6.07, 6.45) is 1.25. The number of anilines is 1. The minimum absolute atomic E-state index is 0.0663. The van der Waals surface area contributed by atoms with Crippen LogP contribution in [0.5, 0.6) is 5.75 Å². The van der Waals surface area contributed by atoms with Crippen molar-refractivity contribution in [1.82, 2.24) is 4.98 Å². The van der Waals surface area contributed by atoms with Crippen molar-refractivity contribution in [3.8, 4) is 5.75 Å². The number of nitrogens with zero attached hydrogens (tertiary/aromatic N) is 1. The zero-order valence-corrected chi connectivity index (χ0v) is 7.13. The fourth-order valence-corrected chi connectivity index (χ4v) is 0.839. The molecule has 0 saturated heterocycles. The summed E-state index contributed by atoms with van der Waals surface area (Å²) < 4.78 is 27.5. The number of nitrogens with one attached hydrogen (secondary N) is 1. The highest BCUT2D eigenvalue weighted by atomic mass is 19.3. The Balaban J connectivity index is 2.59. The van der Waals surface area contributed by atoms with E-state index < -0.39 is 6.61 Å². The fourth-order valence-electron chi connectivity index (χ4n) is 0.839. The number of ether oxygens (including phenoxy) is 1. The summed E-state index contributed by atoms with van der Waals surface area (Å²) in [7, 11) is 0. The normalized spacial score (nSPS) is 10.2. The number of aromatic nitrogens is 1. The molecule has 72 valence electrons.